The van der Waals surface area contributed by atoms with Crippen molar-refractivity contribution in [1.29, 1.82) is 0 Å². The lowest BCUT2D eigenvalue weighted by Crippen LogP contribution is -2.36. The van der Waals surface area contributed by atoms with E-state index in [9.17, 15) is 4.79 Å². The third kappa shape index (κ3) is 4.29. The Morgan fingerprint density at radius 2 is 2.20 bits per heavy atom. The number of aryl methyl sites for hydroxylation is 1. The predicted molar refractivity (Wildman–Crippen MR) is 87.0 cm³/mol. The molecule has 1 aromatic rings. The number of carbonyl (C=O) groups is 1. The topological polar surface area (TPSA) is 46.3 Å². The second kappa shape index (κ2) is 7.98. The van der Waals surface area contributed by atoms with Crippen LogP contribution in [0.1, 0.15) is 28.4 Å². The van der Waals surface area contributed by atoms with Gasteiger partial charge in [-0.15, -0.1) is 0 Å². The van der Waals surface area contributed by atoms with Crippen LogP contribution in [0.3, 0.4) is 0 Å². The van der Waals surface area contributed by atoms with Crippen molar-refractivity contribution in [3.05, 3.63) is 34.9 Å². The van der Waals surface area contributed by atoms with E-state index in [1.54, 1.807) is 16.7 Å². The molecule has 0 aliphatic heterocycles. The maximum atomic E-state index is 12.4. The molecule has 1 atom stereocenters. The Morgan fingerprint density at radius 1 is 1.50 bits per heavy atom. The molecule has 0 saturated carbocycles. The number of nitrogens with two attached hydrogens (primary N) is 1. The molecule has 1 amide bonds. The summed E-state index contributed by atoms with van der Waals surface area (Å²) in [6.07, 6.45) is 2.05. The highest BCUT2D eigenvalue weighted by Gasteiger charge is 2.17. The molecule has 2 N–H and O–H groups in total. The molecule has 108 valence electrons. The smallest absolute Gasteiger partial charge is 0.253 e. The van der Waals surface area contributed by atoms with Crippen LogP contribution in [0.2, 0.25) is 0 Å². The lowest BCUT2D eigenvalue weighted by atomic mass is 10.0. The van der Waals surface area contributed by atoms with Gasteiger partial charge in [-0.25, -0.2) is 0 Å². The molecule has 3 nitrogen and oxygen atoms in total. The van der Waals surface area contributed by atoms with Crippen LogP contribution in [0.5, 0.6) is 0 Å². The Hall–Kier alpha value is -1.44. The first kappa shape index (κ1) is 16.6. The van der Waals surface area contributed by atoms with E-state index in [2.05, 4.69) is 18.8 Å². The van der Waals surface area contributed by atoms with Crippen LogP contribution < -0.4 is 5.73 Å². The van der Waals surface area contributed by atoms with Gasteiger partial charge in [-0.1, -0.05) is 11.8 Å². The third-order valence-corrected chi connectivity index (χ3v) is 4.00. The Kier molecular flexibility index (Phi) is 6.63. The maximum absolute atomic E-state index is 12.4. The van der Waals surface area contributed by atoms with Crippen LogP contribution in [0, 0.1) is 18.8 Å². The Bertz CT molecular complexity index is 531. The molecule has 0 aliphatic carbocycles. The molecule has 20 heavy (non-hydrogen) atoms. The van der Waals surface area contributed by atoms with Crippen LogP contribution in [-0.2, 0) is 0 Å². The fraction of sp³-hybridized carbons (Fsp3) is 0.438. The van der Waals surface area contributed by atoms with Gasteiger partial charge in [0.2, 0.25) is 0 Å². The molecule has 0 heterocycles. The number of hydrogen-bond donors (Lipinski definition) is 1. The molecule has 0 aromatic heterocycles. The first-order valence-electron chi connectivity index (χ1n) is 6.57. The first-order chi connectivity index (χ1) is 9.51. The van der Waals surface area contributed by atoms with Gasteiger partial charge < -0.3 is 10.6 Å². The van der Waals surface area contributed by atoms with Gasteiger partial charge in [0.05, 0.1) is 6.54 Å². The average molecular weight is 290 g/mol. The molecule has 0 saturated heterocycles. The van der Waals surface area contributed by atoms with Crippen molar-refractivity contribution in [2.45, 2.75) is 19.9 Å². The van der Waals surface area contributed by atoms with Gasteiger partial charge in [-0.05, 0) is 43.9 Å². The molecule has 0 radical (unpaired) electrons. The second-order valence-corrected chi connectivity index (χ2v) is 5.67. The van der Waals surface area contributed by atoms with Crippen molar-refractivity contribution in [3.63, 3.8) is 0 Å². The van der Waals surface area contributed by atoms with Crippen LogP contribution in [0.15, 0.2) is 18.2 Å². The Morgan fingerprint density at radius 3 is 2.75 bits per heavy atom. The monoisotopic (exact) mass is 290 g/mol. The summed E-state index contributed by atoms with van der Waals surface area (Å²) in [5.74, 6) is 6.82. The molecule has 1 rings (SSSR count). The van der Waals surface area contributed by atoms with Crippen LogP contribution >= 0.6 is 11.8 Å². The van der Waals surface area contributed by atoms with Crippen molar-refractivity contribution in [2.75, 3.05) is 25.6 Å². The minimum Gasteiger partial charge on any atom is -0.338 e. The largest absolute Gasteiger partial charge is 0.338 e. The van der Waals surface area contributed by atoms with E-state index >= 15 is 0 Å². The summed E-state index contributed by atoms with van der Waals surface area (Å²) >= 11 is 1.74. The number of benzene rings is 1. The standard InChI is InChI=1S/C16H22N2OS/c1-12-10-15(8-7-14(12)6-5-9-17)16(19)18(3)13(2)11-20-4/h7-8,10,13H,9,11,17H2,1-4H3. The quantitative estimate of drug-likeness (QED) is 0.864. The number of thioether (sulfide) groups is 1. The van der Waals surface area contributed by atoms with E-state index in [1.807, 2.05) is 38.4 Å². The van der Waals surface area contributed by atoms with E-state index in [0.29, 0.717) is 12.1 Å². The normalized spacial score (nSPS) is 11.4. The number of rotatable bonds is 4. The lowest BCUT2D eigenvalue weighted by Gasteiger charge is -2.24. The van der Waals surface area contributed by atoms with Crippen molar-refractivity contribution >= 4 is 17.7 Å². The summed E-state index contributed by atoms with van der Waals surface area (Å²) < 4.78 is 0. The van der Waals surface area contributed by atoms with Gasteiger partial charge in [-0.2, -0.15) is 11.8 Å². The van der Waals surface area contributed by atoms with E-state index < -0.39 is 0 Å². The molecule has 4 heteroatoms. The summed E-state index contributed by atoms with van der Waals surface area (Å²) in [6.45, 7) is 4.36. The molecule has 0 aliphatic rings. The van der Waals surface area contributed by atoms with Crippen LogP contribution in [-0.4, -0.2) is 42.4 Å². The first-order valence-corrected chi connectivity index (χ1v) is 7.96. The van der Waals surface area contributed by atoms with Crippen molar-refractivity contribution < 1.29 is 4.79 Å². The molecular formula is C16H22N2OS. The molecule has 0 fully saturated rings. The van der Waals surface area contributed by atoms with Crippen molar-refractivity contribution in [3.8, 4) is 11.8 Å². The highest BCUT2D eigenvalue weighted by atomic mass is 32.2. The zero-order valence-electron chi connectivity index (χ0n) is 12.6. The van der Waals surface area contributed by atoms with Gasteiger partial charge in [0.15, 0.2) is 0 Å². The summed E-state index contributed by atoms with van der Waals surface area (Å²) in [5.41, 5.74) is 8.00. The number of carbonyl (C=O) groups excluding carboxylic acids is 1. The summed E-state index contributed by atoms with van der Waals surface area (Å²) in [7, 11) is 1.85. The van der Waals surface area contributed by atoms with Gasteiger partial charge in [0, 0.05) is 30.0 Å². The Labute approximate surface area is 125 Å². The summed E-state index contributed by atoms with van der Waals surface area (Å²) in [4.78, 5) is 14.2. The molecule has 1 aromatic carbocycles. The second-order valence-electron chi connectivity index (χ2n) is 4.76. The van der Waals surface area contributed by atoms with Crippen molar-refractivity contribution in [2.24, 2.45) is 5.73 Å². The van der Waals surface area contributed by atoms with Crippen LogP contribution in [0.4, 0.5) is 0 Å². The van der Waals surface area contributed by atoms with Crippen molar-refractivity contribution in [1.82, 2.24) is 4.90 Å². The molecule has 1 unspecified atom stereocenters. The molecule has 0 bridgehead atoms. The van der Waals surface area contributed by atoms with E-state index in [1.165, 1.54) is 0 Å². The SMILES string of the molecule is CSCC(C)N(C)C(=O)c1ccc(C#CCN)c(C)c1. The number of hydrogen-bond acceptors (Lipinski definition) is 3. The Balaban J connectivity index is 2.92. The fourth-order valence-corrected chi connectivity index (χ4v) is 2.55. The third-order valence-electron chi connectivity index (χ3n) is 3.19. The van der Waals surface area contributed by atoms with Gasteiger partial charge in [0.25, 0.3) is 5.91 Å². The maximum Gasteiger partial charge on any atom is 0.253 e. The fourth-order valence-electron chi connectivity index (χ4n) is 1.84. The summed E-state index contributed by atoms with van der Waals surface area (Å²) in [5, 5.41) is 0. The van der Waals surface area contributed by atoms with E-state index in [-0.39, 0.29) is 11.9 Å². The van der Waals surface area contributed by atoms with E-state index in [4.69, 9.17) is 5.73 Å². The molecular weight excluding hydrogens is 268 g/mol. The van der Waals surface area contributed by atoms with Crippen LogP contribution in [0.25, 0.3) is 0 Å². The zero-order valence-corrected chi connectivity index (χ0v) is 13.4. The summed E-state index contributed by atoms with van der Waals surface area (Å²) in [6, 6.07) is 5.83. The lowest BCUT2D eigenvalue weighted by molar-refractivity contribution is 0.0757. The zero-order chi connectivity index (χ0) is 15.1. The predicted octanol–water partition coefficient (Wildman–Crippen LogP) is 2.13. The highest BCUT2D eigenvalue weighted by molar-refractivity contribution is 7.98. The van der Waals surface area contributed by atoms with Gasteiger partial charge >= 0.3 is 0 Å². The number of amides is 1. The van der Waals surface area contributed by atoms with Gasteiger partial charge in [0.1, 0.15) is 0 Å². The average Bonchev–Trinajstić information content (AvgIpc) is 2.44. The molecule has 0 spiro atoms. The van der Waals surface area contributed by atoms with E-state index in [0.717, 1.165) is 16.9 Å². The minimum absolute atomic E-state index is 0.0491. The minimum atomic E-state index is 0.0491. The number of nitrogens with zero attached hydrogens (tertiary/aromatic N) is 1. The van der Waals surface area contributed by atoms with Gasteiger partial charge in [-0.3, -0.25) is 4.79 Å². The highest BCUT2D eigenvalue weighted by Crippen LogP contribution is 2.14.